The number of aliphatic hydroxyl groups excluding tert-OH is 1. The normalized spacial score (nSPS) is 17.4. The van der Waals surface area contributed by atoms with Crippen LogP contribution in [0.2, 0.25) is 0 Å². The van der Waals surface area contributed by atoms with Gasteiger partial charge in [-0.15, -0.1) is 0 Å². The number of thiazole rings is 1. The SMILES string of the molecule is C=CCOC(=O)c1sc(N2C(=O)C(=O)/C(=C(/O)c3ccc4c(c3)OCCO4)C2c2cc(Br)c(O)c(OC)c2)nc1C. The quantitative estimate of drug-likeness (QED) is 0.123. The monoisotopic (exact) mass is 642 g/mol. The highest BCUT2D eigenvalue weighted by atomic mass is 79.9. The number of aryl methyl sites for hydroxylation is 1. The number of benzene rings is 2. The van der Waals surface area contributed by atoms with Gasteiger partial charge in [-0.1, -0.05) is 24.0 Å². The van der Waals surface area contributed by atoms with E-state index in [-0.39, 0.29) is 49.4 Å². The Balaban J connectivity index is 1.70. The minimum Gasteiger partial charge on any atom is -0.507 e. The summed E-state index contributed by atoms with van der Waals surface area (Å²) in [5, 5.41) is 21.9. The van der Waals surface area contributed by atoms with Crippen molar-refractivity contribution < 1.29 is 43.5 Å². The van der Waals surface area contributed by atoms with Crippen LogP contribution >= 0.6 is 27.3 Å². The molecule has 1 saturated heterocycles. The Morgan fingerprint density at radius 2 is 1.98 bits per heavy atom. The summed E-state index contributed by atoms with van der Waals surface area (Å²) in [6.07, 6.45) is 1.42. The van der Waals surface area contributed by atoms with Gasteiger partial charge in [-0.2, -0.15) is 0 Å². The number of hydrogen-bond donors (Lipinski definition) is 2. The Morgan fingerprint density at radius 3 is 2.68 bits per heavy atom. The number of aromatic nitrogens is 1. The number of Topliss-reactive ketones (excluding diaryl/α,β-unsaturated/α-hetero) is 1. The van der Waals surface area contributed by atoms with Gasteiger partial charge in [0.05, 0.1) is 28.9 Å². The fraction of sp³-hybridized carbons (Fsp3) is 0.214. The Hall–Kier alpha value is -4.36. The first-order valence-electron chi connectivity index (χ1n) is 12.2. The van der Waals surface area contributed by atoms with E-state index >= 15 is 0 Å². The Labute approximate surface area is 246 Å². The lowest BCUT2D eigenvalue weighted by Gasteiger charge is -2.24. The predicted molar refractivity (Wildman–Crippen MR) is 152 cm³/mol. The number of anilines is 1. The largest absolute Gasteiger partial charge is 0.507 e. The maximum atomic E-state index is 13.6. The van der Waals surface area contributed by atoms with Crippen molar-refractivity contribution in [3.63, 3.8) is 0 Å². The molecule has 1 unspecified atom stereocenters. The van der Waals surface area contributed by atoms with Crippen molar-refractivity contribution in [2.75, 3.05) is 31.8 Å². The van der Waals surface area contributed by atoms with Crippen LogP contribution in [0.1, 0.15) is 32.5 Å². The second-order valence-corrected chi connectivity index (χ2v) is 10.7. The summed E-state index contributed by atoms with van der Waals surface area (Å²) in [5.41, 5.74) is 0.575. The van der Waals surface area contributed by atoms with E-state index in [1.54, 1.807) is 19.1 Å². The standard InChI is InChI=1S/C28H23BrN2O9S/c1-4-7-40-27(36)25-13(2)30-28(41-25)31-21(15-10-16(29)23(33)19(12-15)37-3)20(24(34)26(31)35)22(32)14-5-6-17-18(11-14)39-9-8-38-17/h4-6,10-12,21,32-33H,1,7-9H2,2-3H3/b22-20+. The molecule has 1 amide bonds. The predicted octanol–water partition coefficient (Wildman–Crippen LogP) is 4.67. The second kappa shape index (κ2) is 11.3. The van der Waals surface area contributed by atoms with E-state index in [4.69, 9.17) is 18.9 Å². The molecular weight excluding hydrogens is 620 g/mol. The van der Waals surface area contributed by atoms with E-state index in [0.29, 0.717) is 30.3 Å². The molecule has 2 aliphatic rings. The highest BCUT2D eigenvalue weighted by Gasteiger charge is 2.49. The number of ketones is 1. The van der Waals surface area contributed by atoms with Crippen molar-refractivity contribution in [1.82, 2.24) is 4.98 Å². The Morgan fingerprint density at radius 1 is 1.24 bits per heavy atom. The number of nitrogens with zero attached hydrogens (tertiary/aromatic N) is 2. The van der Waals surface area contributed by atoms with Gasteiger partial charge in [0.2, 0.25) is 0 Å². The molecule has 212 valence electrons. The second-order valence-electron chi connectivity index (χ2n) is 8.88. The number of ether oxygens (including phenoxy) is 4. The van der Waals surface area contributed by atoms with Gasteiger partial charge in [-0.05, 0) is 58.7 Å². The number of halogens is 1. The number of carbonyl (C=O) groups is 3. The van der Waals surface area contributed by atoms with Crippen LogP contribution in [0.25, 0.3) is 5.76 Å². The van der Waals surface area contributed by atoms with Crippen LogP contribution in [-0.4, -0.2) is 59.8 Å². The lowest BCUT2D eigenvalue weighted by Crippen LogP contribution is -2.29. The number of amides is 1. The molecule has 41 heavy (non-hydrogen) atoms. The fourth-order valence-corrected chi connectivity index (χ4v) is 5.92. The molecule has 0 bridgehead atoms. The number of fused-ring (bicyclic) bond motifs is 1. The zero-order valence-electron chi connectivity index (χ0n) is 21.8. The molecule has 1 atom stereocenters. The van der Waals surface area contributed by atoms with Crippen LogP contribution in [0.15, 0.2) is 53.0 Å². The average molecular weight is 643 g/mol. The van der Waals surface area contributed by atoms with Gasteiger partial charge in [0.15, 0.2) is 28.1 Å². The summed E-state index contributed by atoms with van der Waals surface area (Å²) >= 11 is 4.15. The third kappa shape index (κ3) is 5.02. The van der Waals surface area contributed by atoms with E-state index < -0.39 is 29.5 Å². The van der Waals surface area contributed by atoms with Crippen LogP contribution in [0, 0.1) is 6.92 Å². The van der Waals surface area contributed by atoms with Crippen molar-refractivity contribution in [2.45, 2.75) is 13.0 Å². The molecule has 5 rings (SSSR count). The number of esters is 1. The van der Waals surface area contributed by atoms with Crippen LogP contribution in [0.3, 0.4) is 0 Å². The molecule has 0 aliphatic carbocycles. The maximum absolute atomic E-state index is 13.6. The van der Waals surface area contributed by atoms with E-state index in [2.05, 4.69) is 27.5 Å². The number of rotatable bonds is 7. The van der Waals surface area contributed by atoms with Crippen LogP contribution < -0.4 is 19.1 Å². The molecule has 1 aromatic heterocycles. The van der Waals surface area contributed by atoms with Crippen molar-refractivity contribution in [2.24, 2.45) is 0 Å². The number of phenolic OH excluding ortho intramolecular Hbond substituents is 1. The first kappa shape index (κ1) is 28.2. The molecule has 0 spiro atoms. The van der Waals surface area contributed by atoms with E-state index in [0.717, 1.165) is 16.2 Å². The first-order valence-corrected chi connectivity index (χ1v) is 13.8. The fourth-order valence-electron chi connectivity index (χ4n) is 4.47. The number of aliphatic hydroxyl groups is 1. The van der Waals surface area contributed by atoms with Gasteiger partial charge in [0.1, 0.15) is 30.5 Å². The Bertz CT molecular complexity index is 1630. The van der Waals surface area contributed by atoms with Gasteiger partial charge in [-0.25, -0.2) is 9.78 Å². The van der Waals surface area contributed by atoms with E-state index in [1.165, 1.54) is 31.4 Å². The maximum Gasteiger partial charge on any atom is 0.350 e. The summed E-state index contributed by atoms with van der Waals surface area (Å²) < 4.78 is 21.8. The smallest absolute Gasteiger partial charge is 0.350 e. The van der Waals surface area contributed by atoms with Gasteiger partial charge >= 0.3 is 11.9 Å². The van der Waals surface area contributed by atoms with Crippen LogP contribution in [0.4, 0.5) is 5.13 Å². The summed E-state index contributed by atoms with van der Waals surface area (Å²) in [6.45, 7) is 5.76. The lowest BCUT2D eigenvalue weighted by atomic mass is 9.95. The first-order chi connectivity index (χ1) is 19.7. The highest BCUT2D eigenvalue weighted by molar-refractivity contribution is 9.10. The number of hydrogen-bond acceptors (Lipinski definition) is 11. The van der Waals surface area contributed by atoms with Crippen LogP contribution in [0.5, 0.6) is 23.0 Å². The molecule has 0 saturated carbocycles. The van der Waals surface area contributed by atoms with E-state index in [9.17, 15) is 24.6 Å². The van der Waals surface area contributed by atoms with Crippen LogP contribution in [-0.2, 0) is 14.3 Å². The van der Waals surface area contributed by atoms with Crippen molar-refractivity contribution in [1.29, 1.82) is 0 Å². The summed E-state index contributed by atoms with van der Waals surface area (Å²) in [7, 11) is 1.35. The molecule has 3 heterocycles. The van der Waals surface area contributed by atoms with Gasteiger partial charge in [0.25, 0.3) is 5.78 Å². The van der Waals surface area contributed by atoms with Gasteiger partial charge in [-0.3, -0.25) is 14.5 Å². The summed E-state index contributed by atoms with van der Waals surface area (Å²) in [5.74, 6) is -2.36. The molecule has 3 aromatic rings. The zero-order chi connectivity index (χ0) is 29.4. The number of aromatic hydroxyl groups is 1. The average Bonchev–Trinajstić information content (AvgIpc) is 3.48. The van der Waals surface area contributed by atoms with Crippen molar-refractivity contribution in [3.05, 3.63) is 74.7 Å². The lowest BCUT2D eigenvalue weighted by molar-refractivity contribution is -0.132. The number of phenols is 1. The Kier molecular flexibility index (Phi) is 7.74. The number of methoxy groups -OCH3 is 1. The zero-order valence-corrected chi connectivity index (χ0v) is 24.2. The van der Waals surface area contributed by atoms with Crippen molar-refractivity contribution >= 4 is 55.8 Å². The minimum atomic E-state index is -1.21. The molecular formula is C28H23BrN2O9S. The molecule has 11 nitrogen and oxygen atoms in total. The van der Waals surface area contributed by atoms with Gasteiger partial charge in [0, 0.05) is 5.56 Å². The number of carbonyl (C=O) groups excluding carboxylic acids is 3. The van der Waals surface area contributed by atoms with E-state index in [1.807, 2.05) is 0 Å². The van der Waals surface area contributed by atoms with Gasteiger partial charge < -0.3 is 29.2 Å². The third-order valence-corrected chi connectivity index (χ3v) is 8.10. The molecule has 13 heteroatoms. The molecule has 2 aliphatic heterocycles. The molecule has 2 aromatic carbocycles. The molecule has 2 N–H and O–H groups in total. The topological polar surface area (TPSA) is 145 Å². The molecule has 1 fully saturated rings. The summed E-state index contributed by atoms with van der Waals surface area (Å²) in [4.78, 5) is 45.4. The van der Waals surface area contributed by atoms with Crippen molar-refractivity contribution in [3.8, 4) is 23.0 Å². The third-order valence-electron chi connectivity index (χ3n) is 6.36. The highest BCUT2D eigenvalue weighted by Crippen LogP contribution is 2.47. The molecule has 0 radical (unpaired) electrons. The minimum absolute atomic E-state index is 0.0209. The summed E-state index contributed by atoms with van der Waals surface area (Å²) in [6, 6.07) is 6.39.